The van der Waals surface area contributed by atoms with Gasteiger partial charge in [-0.15, -0.1) is 0 Å². The number of esters is 1. The van der Waals surface area contributed by atoms with Crippen LogP contribution in [0.1, 0.15) is 38.5 Å². The van der Waals surface area contributed by atoms with E-state index in [9.17, 15) is 9.59 Å². The Morgan fingerprint density at radius 3 is 2.50 bits per heavy atom. The first-order valence-electron chi connectivity index (χ1n) is 7.76. The highest BCUT2D eigenvalue weighted by molar-refractivity contribution is 9.10. The summed E-state index contributed by atoms with van der Waals surface area (Å²) in [7, 11) is 1.35. The standard InChI is InChI=1S/C17H22BrNO3/c1-22-17(21)15(12-7-4-2-3-5-8-12)16(20)19-14-10-6-9-13(18)11-14/h6,9-12,15H,2-5,7-8H2,1H3,(H,19,20)/t15-/m1/s1. The second kappa shape index (κ2) is 8.32. The van der Waals surface area contributed by atoms with Crippen LogP contribution < -0.4 is 5.32 Å². The minimum absolute atomic E-state index is 0.0714. The Morgan fingerprint density at radius 1 is 1.23 bits per heavy atom. The molecule has 0 aromatic heterocycles. The number of hydrogen-bond donors (Lipinski definition) is 1. The largest absolute Gasteiger partial charge is 0.468 e. The zero-order valence-corrected chi connectivity index (χ0v) is 14.4. The van der Waals surface area contributed by atoms with Crippen molar-refractivity contribution in [3.63, 3.8) is 0 Å². The van der Waals surface area contributed by atoms with Crippen molar-refractivity contribution in [1.82, 2.24) is 0 Å². The van der Waals surface area contributed by atoms with Crippen molar-refractivity contribution in [2.75, 3.05) is 12.4 Å². The number of halogens is 1. The first-order valence-corrected chi connectivity index (χ1v) is 8.55. The maximum atomic E-state index is 12.6. The molecule has 0 bridgehead atoms. The quantitative estimate of drug-likeness (QED) is 0.494. The van der Waals surface area contributed by atoms with Crippen LogP contribution in [0.5, 0.6) is 0 Å². The Labute approximate surface area is 139 Å². The van der Waals surface area contributed by atoms with Gasteiger partial charge in [-0.1, -0.05) is 47.7 Å². The number of carbonyl (C=O) groups is 2. The van der Waals surface area contributed by atoms with E-state index in [1.165, 1.54) is 20.0 Å². The SMILES string of the molecule is COC(=O)[C@@H](C(=O)Nc1cccc(Br)c1)C1CCCCCC1. The average molecular weight is 368 g/mol. The summed E-state index contributed by atoms with van der Waals surface area (Å²) >= 11 is 3.38. The molecule has 0 heterocycles. The van der Waals surface area contributed by atoms with Crippen LogP contribution in [-0.4, -0.2) is 19.0 Å². The minimum atomic E-state index is -0.720. The van der Waals surface area contributed by atoms with Crippen molar-refractivity contribution < 1.29 is 14.3 Å². The normalized spacial score (nSPS) is 17.4. The summed E-state index contributed by atoms with van der Waals surface area (Å²) in [6, 6.07) is 7.36. The highest BCUT2D eigenvalue weighted by Gasteiger charge is 2.35. The van der Waals surface area contributed by atoms with Crippen molar-refractivity contribution in [2.45, 2.75) is 38.5 Å². The molecular weight excluding hydrogens is 346 g/mol. The summed E-state index contributed by atoms with van der Waals surface area (Å²) in [4.78, 5) is 24.7. The third kappa shape index (κ3) is 4.57. The van der Waals surface area contributed by atoms with Crippen LogP contribution >= 0.6 is 15.9 Å². The molecule has 0 saturated heterocycles. The zero-order chi connectivity index (χ0) is 15.9. The van der Waals surface area contributed by atoms with Gasteiger partial charge < -0.3 is 10.1 Å². The number of amides is 1. The van der Waals surface area contributed by atoms with Crippen LogP contribution in [0.3, 0.4) is 0 Å². The van der Waals surface area contributed by atoms with Gasteiger partial charge in [-0.25, -0.2) is 0 Å². The van der Waals surface area contributed by atoms with Crippen LogP contribution in [-0.2, 0) is 14.3 Å². The zero-order valence-electron chi connectivity index (χ0n) is 12.8. The molecule has 1 amide bonds. The third-order valence-corrected chi connectivity index (χ3v) is 4.69. The maximum Gasteiger partial charge on any atom is 0.318 e. The van der Waals surface area contributed by atoms with E-state index in [0.717, 1.165) is 30.2 Å². The van der Waals surface area contributed by atoms with Crippen LogP contribution in [0.4, 0.5) is 5.69 Å². The van der Waals surface area contributed by atoms with Crippen LogP contribution in [0, 0.1) is 11.8 Å². The Morgan fingerprint density at radius 2 is 1.91 bits per heavy atom. The summed E-state index contributed by atoms with van der Waals surface area (Å²) in [6.45, 7) is 0. The molecule has 1 atom stereocenters. The summed E-state index contributed by atoms with van der Waals surface area (Å²) in [5, 5.41) is 2.85. The van der Waals surface area contributed by atoms with E-state index in [0.29, 0.717) is 5.69 Å². The van der Waals surface area contributed by atoms with Gasteiger partial charge in [0.15, 0.2) is 0 Å². The Balaban J connectivity index is 2.13. The number of ether oxygens (including phenoxy) is 1. The molecule has 0 unspecified atom stereocenters. The van der Waals surface area contributed by atoms with Crippen molar-refractivity contribution in [3.8, 4) is 0 Å². The van der Waals surface area contributed by atoms with E-state index in [1.54, 1.807) is 0 Å². The predicted octanol–water partition coefficient (Wildman–Crippen LogP) is 4.15. The number of methoxy groups -OCH3 is 1. The van der Waals surface area contributed by atoms with E-state index in [1.807, 2.05) is 24.3 Å². The molecule has 22 heavy (non-hydrogen) atoms. The monoisotopic (exact) mass is 367 g/mol. The van der Waals surface area contributed by atoms with Gasteiger partial charge in [0.25, 0.3) is 0 Å². The molecule has 0 spiro atoms. The van der Waals surface area contributed by atoms with E-state index in [-0.39, 0.29) is 11.8 Å². The lowest BCUT2D eigenvalue weighted by atomic mass is 9.85. The fourth-order valence-corrected chi connectivity index (χ4v) is 3.47. The number of rotatable bonds is 4. The lowest BCUT2D eigenvalue weighted by Gasteiger charge is -2.23. The number of carbonyl (C=O) groups excluding carboxylic acids is 2. The molecule has 5 heteroatoms. The van der Waals surface area contributed by atoms with Crippen molar-refractivity contribution in [1.29, 1.82) is 0 Å². The number of anilines is 1. The number of benzene rings is 1. The number of hydrogen-bond acceptors (Lipinski definition) is 3. The van der Waals surface area contributed by atoms with Gasteiger partial charge in [0.05, 0.1) is 7.11 Å². The van der Waals surface area contributed by atoms with Gasteiger partial charge in [-0.3, -0.25) is 9.59 Å². The molecular formula is C17H22BrNO3. The molecule has 2 rings (SSSR count). The molecule has 1 saturated carbocycles. The molecule has 1 aliphatic rings. The van der Waals surface area contributed by atoms with Crippen LogP contribution in [0.15, 0.2) is 28.7 Å². The van der Waals surface area contributed by atoms with E-state index in [4.69, 9.17) is 4.74 Å². The summed E-state index contributed by atoms with van der Waals surface area (Å²) < 4.78 is 5.76. The minimum Gasteiger partial charge on any atom is -0.468 e. The molecule has 1 aliphatic carbocycles. The Hall–Kier alpha value is -1.36. The lowest BCUT2D eigenvalue weighted by Crippen LogP contribution is -2.36. The van der Waals surface area contributed by atoms with E-state index in [2.05, 4.69) is 21.2 Å². The van der Waals surface area contributed by atoms with E-state index < -0.39 is 11.9 Å². The van der Waals surface area contributed by atoms with Crippen LogP contribution in [0.2, 0.25) is 0 Å². The third-order valence-electron chi connectivity index (χ3n) is 4.20. The van der Waals surface area contributed by atoms with Gasteiger partial charge in [-0.05, 0) is 37.0 Å². The topological polar surface area (TPSA) is 55.4 Å². The Kier molecular flexibility index (Phi) is 6.43. The molecule has 120 valence electrons. The van der Waals surface area contributed by atoms with Gasteiger partial charge >= 0.3 is 5.97 Å². The predicted molar refractivity (Wildman–Crippen MR) is 89.5 cm³/mol. The smallest absolute Gasteiger partial charge is 0.318 e. The molecule has 0 radical (unpaired) electrons. The van der Waals surface area contributed by atoms with Crippen molar-refractivity contribution >= 4 is 33.5 Å². The van der Waals surface area contributed by atoms with E-state index >= 15 is 0 Å². The number of nitrogens with one attached hydrogen (secondary N) is 1. The summed E-state index contributed by atoms with van der Waals surface area (Å²) in [5.41, 5.74) is 0.682. The fraction of sp³-hybridized carbons (Fsp3) is 0.529. The second-order valence-corrected chi connectivity index (χ2v) is 6.67. The summed E-state index contributed by atoms with van der Waals surface area (Å²) in [5.74, 6) is -1.35. The second-order valence-electron chi connectivity index (χ2n) is 5.75. The van der Waals surface area contributed by atoms with Gasteiger partial charge in [0.1, 0.15) is 5.92 Å². The van der Waals surface area contributed by atoms with Gasteiger partial charge in [0, 0.05) is 10.2 Å². The first-order chi connectivity index (χ1) is 10.6. The molecule has 1 aromatic carbocycles. The molecule has 0 aliphatic heterocycles. The molecule has 1 fully saturated rings. The lowest BCUT2D eigenvalue weighted by molar-refractivity contribution is -0.151. The highest BCUT2D eigenvalue weighted by atomic mass is 79.9. The maximum absolute atomic E-state index is 12.6. The Bertz CT molecular complexity index is 524. The highest BCUT2D eigenvalue weighted by Crippen LogP contribution is 2.31. The van der Waals surface area contributed by atoms with Crippen LogP contribution in [0.25, 0.3) is 0 Å². The van der Waals surface area contributed by atoms with Crippen molar-refractivity contribution in [3.05, 3.63) is 28.7 Å². The summed E-state index contributed by atoms with van der Waals surface area (Å²) in [6.07, 6.45) is 6.32. The van der Waals surface area contributed by atoms with Gasteiger partial charge in [0.2, 0.25) is 5.91 Å². The first kappa shape index (κ1) is 17.0. The van der Waals surface area contributed by atoms with Crippen molar-refractivity contribution in [2.24, 2.45) is 11.8 Å². The molecule has 1 N–H and O–H groups in total. The molecule has 4 nitrogen and oxygen atoms in total. The molecule has 1 aromatic rings. The fourth-order valence-electron chi connectivity index (χ4n) is 3.07. The average Bonchev–Trinajstić information content (AvgIpc) is 2.76. The van der Waals surface area contributed by atoms with Gasteiger partial charge in [-0.2, -0.15) is 0 Å².